The first-order valence-electron chi connectivity index (χ1n) is 11.6. The first-order chi connectivity index (χ1) is 18.3. The lowest BCUT2D eigenvalue weighted by atomic mass is 10.1. The van der Waals surface area contributed by atoms with E-state index in [1.165, 1.54) is 52.8 Å². The number of amides is 2. The van der Waals surface area contributed by atoms with Gasteiger partial charge in [-0.3, -0.25) is 4.72 Å². The van der Waals surface area contributed by atoms with Crippen LogP contribution in [0.25, 0.3) is 17.1 Å². The molecule has 0 saturated carbocycles. The quantitative estimate of drug-likeness (QED) is 0.188. The van der Waals surface area contributed by atoms with Crippen molar-refractivity contribution in [1.29, 1.82) is 0 Å². The van der Waals surface area contributed by atoms with Gasteiger partial charge in [0.15, 0.2) is 5.82 Å². The summed E-state index contributed by atoms with van der Waals surface area (Å²) in [5.41, 5.74) is 3.39. The Bertz CT molecular complexity index is 1340. The monoisotopic (exact) mass is 542 g/mol. The summed E-state index contributed by atoms with van der Waals surface area (Å²) in [6.07, 6.45) is -3.27. The number of aromatic nitrogens is 3. The van der Waals surface area contributed by atoms with Crippen molar-refractivity contribution in [2.24, 2.45) is 0 Å². The summed E-state index contributed by atoms with van der Waals surface area (Å²) in [4.78, 5) is 17.5. The molecule has 0 atom stereocenters. The molecule has 2 amide bonds. The van der Waals surface area contributed by atoms with E-state index in [1.54, 1.807) is 0 Å². The van der Waals surface area contributed by atoms with Crippen LogP contribution in [0.3, 0.4) is 0 Å². The van der Waals surface area contributed by atoms with Crippen LogP contribution < -0.4 is 20.1 Å². The van der Waals surface area contributed by atoms with Crippen molar-refractivity contribution in [1.82, 2.24) is 30.1 Å². The molecule has 0 radical (unpaired) electrons. The lowest BCUT2D eigenvalue weighted by molar-refractivity contribution is -0.274. The maximum Gasteiger partial charge on any atom is 0.573 e. The molecule has 0 aliphatic rings. The molecular weight excluding hydrogens is 517 g/mol. The van der Waals surface area contributed by atoms with Crippen LogP contribution >= 0.6 is 11.9 Å². The van der Waals surface area contributed by atoms with Gasteiger partial charge in [-0.15, -0.1) is 18.3 Å². The van der Waals surface area contributed by atoms with Gasteiger partial charge < -0.3 is 15.4 Å². The fourth-order valence-corrected chi connectivity index (χ4v) is 4.10. The van der Waals surface area contributed by atoms with E-state index in [0.717, 1.165) is 16.0 Å². The first-order valence-corrected chi connectivity index (χ1v) is 12.4. The Labute approximate surface area is 221 Å². The molecule has 1 heterocycles. The molecule has 1 aromatic heterocycles. The maximum absolute atomic E-state index is 12.3. The second kappa shape index (κ2) is 12.5. The van der Waals surface area contributed by atoms with Gasteiger partial charge in [0.2, 0.25) is 0 Å². The number of urea groups is 1. The lowest BCUT2D eigenvalue weighted by Crippen LogP contribution is -2.38. The molecule has 38 heavy (non-hydrogen) atoms. The predicted octanol–water partition coefficient (Wildman–Crippen LogP) is 5.24. The van der Waals surface area contributed by atoms with Crippen LogP contribution in [0, 0.1) is 6.92 Å². The third-order valence-corrected chi connectivity index (χ3v) is 6.31. The van der Waals surface area contributed by atoms with Crippen LogP contribution in [-0.2, 0) is 6.54 Å². The Morgan fingerprint density at radius 3 is 2.42 bits per heavy atom. The van der Waals surface area contributed by atoms with Crippen molar-refractivity contribution >= 4 is 18.0 Å². The summed E-state index contributed by atoms with van der Waals surface area (Å²) in [5, 5.41) is 10.0. The average Bonchev–Trinajstić information content (AvgIpc) is 3.38. The van der Waals surface area contributed by atoms with Gasteiger partial charge >= 0.3 is 12.4 Å². The van der Waals surface area contributed by atoms with Gasteiger partial charge in [-0.25, -0.2) is 14.5 Å². The highest BCUT2D eigenvalue weighted by Crippen LogP contribution is 2.24. The summed E-state index contributed by atoms with van der Waals surface area (Å²) >= 11 is 1.54. The Morgan fingerprint density at radius 2 is 1.71 bits per heavy atom. The smallest absolute Gasteiger partial charge is 0.406 e. The summed E-state index contributed by atoms with van der Waals surface area (Å²) < 4.78 is 45.6. The van der Waals surface area contributed by atoms with Crippen molar-refractivity contribution < 1.29 is 22.7 Å². The van der Waals surface area contributed by atoms with Crippen LogP contribution in [-0.4, -0.2) is 40.2 Å². The van der Waals surface area contributed by atoms with Gasteiger partial charge in [-0.2, -0.15) is 0 Å². The van der Waals surface area contributed by atoms with Crippen LogP contribution in [0.1, 0.15) is 11.1 Å². The van der Waals surface area contributed by atoms with E-state index in [4.69, 9.17) is 0 Å². The number of alkyl halides is 3. The van der Waals surface area contributed by atoms with E-state index in [2.05, 4.69) is 30.2 Å². The third-order valence-electron chi connectivity index (χ3n) is 5.28. The van der Waals surface area contributed by atoms with Gasteiger partial charge in [-0.05, 0) is 60.3 Å². The second-order valence-corrected chi connectivity index (χ2v) is 9.06. The minimum Gasteiger partial charge on any atom is -0.406 e. The Balaban J connectivity index is 1.21. The average molecular weight is 543 g/mol. The number of hydrogen-bond acceptors (Lipinski definition) is 6. The maximum atomic E-state index is 12.3. The molecule has 198 valence electrons. The van der Waals surface area contributed by atoms with Crippen LogP contribution in [0.15, 0.2) is 84.0 Å². The van der Waals surface area contributed by atoms with Crippen LogP contribution in [0.5, 0.6) is 5.75 Å². The highest BCUT2D eigenvalue weighted by Gasteiger charge is 2.31. The SMILES string of the molecule is Cc1ccccc1SNCCNC(=O)NCc1ccc(-c2ncn(-c3ccc(OC(F)(F)F)cc3)n2)cc1. The molecule has 8 nitrogen and oxygen atoms in total. The van der Waals surface area contributed by atoms with Crippen LogP contribution in [0.4, 0.5) is 18.0 Å². The molecule has 4 rings (SSSR count). The van der Waals surface area contributed by atoms with Crippen molar-refractivity contribution in [3.05, 3.63) is 90.3 Å². The van der Waals surface area contributed by atoms with E-state index < -0.39 is 6.36 Å². The van der Waals surface area contributed by atoms with Crippen molar-refractivity contribution in [2.45, 2.75) is 24.7 Å². The van der Waals surface area contributed by atoms with Gasteiger partial charge in [0, 0.05) is 30.1 Å². The van der Waals surface area contributed by atoms with Gasteiger partial charge in [0.25, 0.3) is 0 Å². The Kier molecular flexibility index (Phi) is 8.87. The number of nitrogens with zero attached hydrogens (tertiary/aromatic N) is 3. The zero-order valence-electron chi connectivity index (χ0n) is 20.3. The minimum absolute atomic E-state index is 0.260. The molecule has 0 spiro atoms. The Hall–Kier alpha value is -4.03. The van der Waals surface area contributed by atoms with Gasteiger partial charge in [0.1, 0.15) is 12.1 Å². The van der Waals surface area contributed by atoms with Crippen molar-refractivity contribution in [3.8, 4) is 22.8 Å². The standard InChI is InChI=1S/C26H25F3N6O2S/c1-18-4-2-3-5-23(18)38-33-15-14-30-25(36)31-16-19-6-8-20(9-7-19)24-32-17-35(34-24)21-10-12-22(13-11-21)37-26(27,28)29/h2-13,17,33H,14-16H2,1H3,(H2,30,31,36). The summed E-state index contributed by atoms with van der Waals surface area (Å²) in [6, 6.07) is 20.5. The molecule has 3 N–H and O–H groups in total. The molecule has 3 aromatic carbocycles. The first kappa shape index (κ1) is 27.0. The molecule has 0 aliphatic heterocycles. The molecule has 12 heteroatoms. The zero-order chi connectivity index (χ0) is 27.0. The lowest BCUT2D eigenvalue weighted by Gasteiger charge is -2.09. The van der Waals surface area contributed by atoms with Gasteiger partial charge in [-0.1, -0.05) is 42.5 Å². The Morgan fingerprint density at radius 1 is 0.974 bits per heavy atom. The number of ether oxygens (including phenoxy) is 1. The van der Waals surface area contributed by atoms with E-state index in [1.807, 2.05) is 55.5 Å². The molecule has 0 unspecified atom stereocenters. The summed E-state index contributed by atoms with van der Waals surface area (Å²) in [6.45, 7) is 3.50. The number of hydrogen-bond donors (Lipinski definition) is 3. The van der Waals surface area contributed by atoms with E-state index in [9.17, 15) is 18.0 Å². The minimum atomic E-state index is -4.74. The number of aryl methyl sites for hydroxylation is 1. The topological polar surface area (TPSA) is 93.1 Å². The van der Waals surface area contributed by atoms with E-state index in [-0.39, 0.29) is 11.8 Å². The van der Waals surface area contributed by atoms with Crippen molar-refractivity contribution in [2.75, 3.05) is 13.1 Å². The molecule has 0 fully saturated rings. The van der Waals surface area contributed by atoms with Crippen molar-refractivity contribution in [3.63, 3.8) is 0 Å². The largest absolute Gasteiger partial charge is 0.573 e. The molecule has 0 aliphatic carbocycles. The molecule has 4 aromatic rings. The molecular formula is C26H25F3N6O2S. The number of halogens is 3. The fraction of sp³-hybridized carbons (Fsp3) is 0.192. The molecule has 0 saturated heterocycles. The normalized spacial score (nSPS) is 11.3. The fourth-order valence-electron chi connectivity index (χ4n) is 3.36. The number of benzene rings is 3. The third kappa shape index (κ3) is 7.98. The number of carbonyl (C=O) groups excluding carboxylic acids is 1. The number of rotatable bonds is 10. The van der Waals surface area contributed by atoms with E-state index in [0.29, 0.717) is 31.1 Å². The zero-order valence-corrected chi connectivity index (χ0v) is 21.1. The highest BCUT2D eigenvalue weighted by atomic mass is 32.2. The number of nitrogens with one attached hydrogen (secondary N) is 3. The summed E-state index contributed by atoms with van der Waals surface area (Å²) in [5.74, 6) is 0.141. The highest BCUT2D eigenvalue weighted by molar-refractivity contribution is 7.97. The molecule has 0 bridgehead atoms. The van der Waals surface area contributed by atoms with E-state index >= 15 is 0 Å². The second-order valence-electron chi connectivity index (χ2n) is 8.12. The van der Waals surface area contributed by atoms with Crippen LogP contribution in [0.2, 0.25) is 0 Å². The predicted molar refractivity (Wildman–Crippen MR) is 139 cm³/mol. The number of carbonyl (C=O) groups is 1. The summed E-state index contributed by atoms with van der Waals surface area (Å²) in [7, 11) is 0. The van der Waals surface area contributed by atoms with Gasteiger partial charge in [0.05, 0.1) is 5.69 Å².